The van der Waals surface area contributed by atoms with Gasteiger partial charge in [0.15, 0.2) is 17.8 Å². The fraction of sp³-hybridized carbons (Fsp3) is 0.250. The summed E-state index contributed by atoms with van der Waals surface area (Å²) in [4.78, 5) is 20.1. The number of oxazole rings is 1. The molecule has 0 saturated carbocycles. The highest BCUT2D eigenvalue weighted by Gasteiger charge is 2.22. The second-order valence-electron chi connectivity index (χ2n) is 5.26. The number of methoxy groups -OCH3 is 1. The third-order valence-electron chi connectivity index (χ3n) is 3.58. The molecule has 0 aliphatic rings. The molecule has 0 aliphatic heterocycles. The van der Waals surface area contributed by atoms with Crippen LogP contribution in [0.5, 0.6) is 5.75 Å². The Bertz CT molecular complexity index is 897. The van der Waals surface area contributed by atoms with E-state index in [1.54, 1.807) is 11.0 Å². The summed E-state index contributed by atoms with van der Waals surface area (Å²) in [6, 6.07) is 2.46. The van der Waals surface area contributed by atoms with Gasteiger partial charge in [0.25, 0.3) is 5.91 Å². The fourth-order valence-corrected chi connectivity index (χ4v) is 2.57. The van der Waals surface area contributed by atoms with Gasteiger partial charge in [0.1, 0.15) is 24.2 Å². The highest BCUT2D eigenvalue weighted by atomic mass is 35.5. The molecular weight excluding hydrogens is 364 g/mol. The van der Waals surface area contributed by atoms with Crippen LogP contribution in [0.15, 0.2) is 35.6 Å². The molecule has 1 amide bonds. The van der Waals surface area contributed by atoms with Gasteiger partial charge >= 0.3 is 0 Å². The first kappa shape index (κ1) is 17.9. The van der Waals surface area contributed by atoms with Crippen LogP contribution in [-0.4, -0.2) is 39.3 Å². The zero-order valence-corrected chi connectivity index (χ0v) is 14.5. The first-order valence-electron chi connectivity index (χ1n) is 7.67. The molecule has 1 N–H and O–H groups in total. The Labute approximate surface area is 153 Å². The van der Waals surface area contributed by atoms with E-state index in [9.17, 15) is 9.18 Å². The summed E-state index contributed by atoms with van der Waals surface area (Å²) in [7, 11) is 1.38. The number of benzene rings is 1. The Morgan fingerprint density at radius 1 is 1.46 bits per heavy atom. The van der Waals surface area contributed by atoms with Crippen molar-refractivity contribution >= 4 is 17.5 Å². The zero-order valence-electron chi connectivity index (χ0n) is 13.8. The lowest BCUT2D eigenvalue weighted by molar-refractivity contribution is 0.0948. The van der Waals surface area contributed by atoms with E-state index >= 15 is 0 Å². The van der Waals surface area contributed by atoms with Gasteiger partial charge in [-0.3, -0.25) is 9.48 Å². The van der Waals surface area contributed by atoms with Crippen LogP contribution < -0.4 is 10.1 Å². The van der Waals surface area contributed by atoms with Crippen molar-refractivity contribution in [2.45, 2.75) is 13.0 Å². The van der Waals surface area contributed by atoms with Crippen molar-refractivity contribution in [3.63, 3.8) is 0 Å². The molecular formula is C16H15ClFN5O3. The number of halogens is 2. The molecule has 0 spiro atoms. The monoisotopic (exact) mass is 378 g/mol. The first-order valence-corrected chi connectivity index (χ1v) is 8.05. The van der Waals surface area contributed by atoms with Gasteiger partial charge in [0.05, 0.1) is 17.7 Å². The highest BCUT2D eigenvalue weighted by molar-refractivity contribution is 6.32. The van der Waals surface area contributed by atoms with Crippen molar-refractivity contribution in [3.8, 4) is 17.1 Å². The molecule has 0 atom stereocenters. The standard InChI is InChI=1S/C16H15ClFN5O3/c1-25-13-6-12(18)10(5-11(13)17)15-14(21-9-26-15)16(24)20-3-2-4-23-8-19-7-22-23/h5-9H,2-4H2,1H3,(H,20,24)/i18-1. The van der Waals surface area contributed by atoms with Crippen LogP contribution >= 0.6 is 11.6 Å². The molecule has 26 heavy (non-hydrogen) atoms. The number of amides is 1. The number of nitrogens with one attached hydrogen (secondary N) is 1. The van der Waals surface area contributed by atoms with E-state index in [1.165, 1.54) is 19.5 Å². The number of nitrogens with zero attached hydrogens (tertiary/aromatic N) is 4. The minimum absolute atomic E-state index is 0.000768. The van der Waals surface area contributed by atoms with E-state index in [0.29, 0.717) is 19.5 Å². The molecule has 3 rings (SSSR count). The molecule has 0 unspecified atom stereocenters. The summed E-state index contributed by atoms with van der Waals surface area (Å²) >= 11 is 6.03. The maximum atomic E-state index is 14.3. The average Bonchev–Trinajstić information content (AvgIpc) is 3.31. The van der Waals surface area contributed by atoms with E-state index in [-0.39, 0.29) is 27.8 Å². The summed E-state index contributed by atoms with van der Waals surface area (Å²) in [6.07, 6.45) is 4.75. The van der Waals surface area contributed by atoms with Crippen molar-refractivity contribution in [1.82, 2.24) is 25.1 Å². The SMILES string of the molecule is COc1cc([18F])c(-c2ocnc2C(=O)NCCCn2cncn2)cc1Cl. The Hall–Kier alpha value is -2.94. The van der Waals surface area contributed by atoms with E-state index in [0.717, 1.165) is 12.5 Å². The molecule has 2 aromatic heterocycles. The van der Waals surface area contributed by atoms with Crippen LogP contribution in [0.2, 0.25) is 5.02 Å². The third kappa shape index (κ3) is 3.83. The van der Waals surface area contributed by atoms with E-state index in [4.69, 9.17) is 20.8 Å². The number of aryl methyl sites for hydroxylation is 1. The van der Waals surface area contributed by atoms with E-state index in [1.807, 2.05) is 0 Å². The number of rotatable bonds is 7. The van der Waals surface area contributed by atoms with Crippen molar-refractivity contribution in [3.05, 3.63) is 47.7 Å². The number of aromatic nitrogens is 4. The molecule has 0 saturated heterocycles. The topological polar surface area (TPSA) is 95.1 Å². The Balaban J connectivity index is 1.70. The molecule has 10 heteroatoms. The molecule has 136 valence electrons. The lowest BCUT2D eigenvalue weighted by atomic mass is 10.1. The molecule has 3 aromatic rings. The molecule has 8 nitrogen and oxygen atoms in total. The predicted molar refractivity (Wildman–Crippen MR) is 90.4 cm³/mol. The van der Waals surface area contributed by atoms with E-state index < -0.39 is 11.7 Å². The summed E-state index contributed by atoms with van der Waals surface area (Å²) in [5.41, 5.74) is 0.00644. The van der Waals surface area contributed by atoms with Gasteiger partial charge in [-0.05, 0) is 12.5 Å². The largest absolute Gasteiger partial charge is 0.495 e. The number of hydrogen-bond acceptors (Lipinski definition) is 6. The lowest BCUT2D eigenvalue weighted by Gasteiger charge is -2.08. The van der Waals surface area contributed by atoms with Crippen molar-refractivity contribution in [1.29, 1.82) is 0 Å². The minimum Gasteiger partial charge on any atom is -0.495 e. The van der Waals surface area contributed by atoms with Crippen LogP contribution in [0.3, 0.4) is 0 Å². The molecule has 0 bridgehead atoms. The maximum absolute atomic E-state index is 14.3. The Kier molecular flexibility index (Phi) is 5.47. The quantitative estimate of drug-likeness (QED) is 0.635. The molecule has 1 aromatic carbocycles. The second-order valence-corrected chi connectivity index (χ2v) is 5.67. The summed E-state index contributed by atoms with van der Waals surface area (Å²) in [6.45, 7) is 0.992. The second kappa shape index (κ2) is 7.96. The predicted octanol–water partition coefficient (Wildman–Crippen LogP) is 2.55. The average molecular weight is 379 g/mol. The van der Waals surface area contributed by atoms with Crippen LogP contribution in [-0.2, 0) is 6.54 Å². The smallest absolute Gasteiger partial charge is 0.273 e. The molecule has 2 heterocycles. The van der Waals surface area contributed by atoms with Gasteiger partial charge in [-0.15, -0.1) is 0 Å². The van der Waals surface area contributed by atoms with Gasteiger partial charge in [0.2, 0.25) is 0 Å². The van der Waals surface area contributed by atoms with Gasteiger partial charge in [-0.2, -0.15) is 5.10 Å². The van der Waals surface area contributed by atoms with Crippen LogP contribution in [0.4, 0.5) is 4.39 Å². The first-order chi connectivity index (χ1) is 12.6. The van der Waals surface area contributed by atoms with Crippen LogP contribution in [0, 0.1) is 5.82 Å². The van der Waals surface area contributed by atoms with Crippen LogP contribution in [0.25, 0.3) is 11.3 Å². The highest BCUT2D eigenvalue weighted by Crippen LogP contribution is 2.34. The summed E-state index contributed by atoms with van der Waals surface area (Å²) < 4.78 is 26.1. The molecule has 0 aliphatic carbocycles. The Morgan fingerprint density at radius 3 is 3.04 bits per heavy atom. The Morgan fingerprint density at radius 2 is 2.31 bits per heavy atom. The maximum Gasteiger partial charge on any atom is 0.273 e. The zero-order chi connectivity index (χ0) is 18.5. The normalized spacial score (nSPS) is 10.7. The number of ether oxygens (including phenoxy) is 1. The van der Waals surface area contributed by atoms with Crippen LogP contribution in [0.1, 0.15) is 16.9 Å². The van der Waals surface area contributed by atoms with E-state index in [2.05, 4.69) is 20.4 Å². The summed E-state index contributed by atoms with van der Waals surface area (Å²) in [5.74, 6) is -0.922. The van der Waals surface area contributed by atoms with Crippen molar-refractivity contribution in [2.75, 3.05) is 13.7 Å². The summed E-state index contributed by atoms with van der Waals surface area (Å²) in [5, 5.41) is 6.87. The van der Waals surface area contributed by atoms with Gasteiger partial charge in [-0.25, -0.2) is 14.4 Å². The number of carbonyl (C=O) groups is 1. The van der Waals surface area contributed by atoms with Crippen molar-refractivity contribution in [2.24, 2.45) is 0 Å². The molecule has 0 fully saturated rings. The van der Waals surface area contributed by atoms with Crippen molar-refractivity contribution < 1.29 is 18.3 Å². The fourth-order valence-electron chi connectivity index (χ4n) is 2.33. The third-order valence-corrected chi connectivity index (χ3v) is 3.88. The van der Waals surface area contributed by atoms with Gasteiger partial charge < -0.3 is 14.5 Å². The lowest BCUT2D eigenvalue weighted by Crippen LogP contribution is -2.26. The number of hydrogen-bond donors (Lipinski definition) is 1. The number of carbonyl (C=O) groups excluding carboxylic acids is 1. The van der Waals surface area contributed by atoms with Gasteiger partial charge in [-0.1, -0.05) is 11.6 Å². The molecule has 0 radical (unpaired) electrons. The minimum atomic E-state index is -0.636. The van der Waals surface area contributed by atoms with Gasteiger partial charge in [0, 0.05) is 19.2 Å².